The molecular weight excluding hydrogens is 309 g/mol. The Kier molecular flexibility index (Phi) is 3.81. The standard InChI is InChI=1S/C23H19FN/c1-16-7-3-6-10-21(16)23-22(24)14-20(15-25(23)2)19-12-11-17-8-4-5-9-18(17)13-19/h3-15H,1-2H3/q+1. The molecule has 0 fully saturated rings. The summed E-state index contributed by atoms with van der Waals surface area (Å²) in [5.41, 5.74) is 4.50. The van der Waals surface area contributed by atoms with Gasteiger partial charge in [0.25, 0.3) is 0 Å². The van der Waals surface area contributed by atoms with E-state index in [4.69, 9.17) is 0 Å². The van der Waals surface area contributed by atoms with E-state index in [1.54, 1.807) is 6.07 Å². The summed E-state index contributed by atoms with van der Waals surface area (Å²) < 4.78 is 16.8. The predicted octanol–water partition coefficient (Wildman–Crippen LogP) is 5.45. The second-order valence-electron chi connectivity index (χ2n) is 6.41. The third-order valence-corrected chi connectivity index (χ3v) is 4.68. The third-order valence-electron chi connectivity index (χ3n) is 4.68. The first-order valence-electron chi connectivity index (χ1n) is 8.38. The van der Waals surface area contributed by atoms with E-state index in [1.807, 2.05) is 67.2 Å². The lowest BCUT2D eigenvalue weighted by atomic mass is 10.00. The van der Waals surface area contributed by atoms with Crippen LogP contribution in [0.1, 0.15) is 5.56 Å². The SMILES string of the molecule is Cc1ccccc1-c1c(F)cc(-c2ccc3ccccc3c2)c[n+]1C. The van der Waals surface area contributed by atoms with Gasteiger partial charge < -0.3 is 0 Å². The second kappa shape index (κ2) is 6.14. The third kappa shape index (κ3) is 2.80. The molecule has 0 saturated carbocycles. The maximum Gasteiger partial charge on any atom is 0.248 e. The van der Waals surface area contributed by atoms with Gasteiger partial charge in [-0.3, -0.25) is 0 Å². The number of aromatic nitrogens is 1. The van der Waals surface area contributed by atoms with Crippen LogP contribution >= 0.6 is 0 Å². The number of halogens is 1. The molecule has 25 heavy (non-hydrogen) atoms. The molecule has 3 aromatic carbocycles. The van der Waals surface area contributed by atoms with Gasteiger partial charge in [0, 0.05) is 5.56 Å². The maximum absolute atomic E-state index is 15.0. The largest absolute Gasteiger partial charge is 0.248 e. The molecule has 122 valence electrons. The minimum Gasteiger partial charge on any atom is -0.200 e. The summed E-state index contributed by atoms with van der Waals surface area (Å²) in [5.74, 6) is -0.206. The summed E-state index contributed by atoms with van der Waals surface area (Å²) >= 11 is 0. The van der Waals surface area contributed by atoms with Gasteiger partial charge in [0.05, 0.1) is 5.56 Å². The van der Waals surface area contributed by atoms with E-state index < -0.39 is 0 Å². The Hall–Kier alpha value is -3.00. The highest BCUT2D eigenvalue weighted by molar-refractivity contribution is 5.87. The average molecular weight is 328 g/mol. The Morgan fingerprint density at radius 1 is 0.760 bits per heavy atom. The van der Waals surface area contributed by atoms with Crippen molar-refractivity contribution in [1.29, 1.82) is 0 Å². The summed E-state index contributed by atoms with van der Waals surface area (Å²) in [5, 5.41) is 2.35. The van der Waals surface area contributed by atoms with Gasteiger partial charge in [-0.15, -0.1) is 0 Å². The molecule has 2 heteroatoms. The van der Waals surface area contributed by atoms with Gasteiger partial charge in [-0.25, -0.2) is 0 Å². The van der Waals surface area contributed by atoms with Gasteiger partial charge in [0.2, 0.25) is 5.69 Å². The lowest BCUT2D eigenvalue weighted by Crippen LogP contribution is -2.32. The topological polar surface area (TPSA) is 3.88 Å². The lowest BCUT2D eigenvalue weighted by Gasteiger charge is -2.08. The Bertz CT molecular complexity index is 1060. The maximum atomic E-state index is 15.0. The second-order valence-corrected chi connectivity index (χ2v) is 6.41. The average Bonchev–Trinajstić information content (AvgIpc) is 2.62. The van der Waals surface area contributed by atoms with Crippen LogP contribution in [0.15, 0.2) is 79.0 Å². The number of aryl methyl sites for hydroxylation is 2. The molecule has 0 radical (unpaired) electrons. The molecule has 0 amide bonds. The summed E-state index contributed by atoms with van der Waals surface area (Å²) in [6.07, 6.45) is 2.00. The van der Waals surface area contributed by atoms with Gasteiger partial charge in [0.15, 0.2) is 12.0 Å². The molecule has 0 spiro atoms. The van der Waals surface area contributed by atoms with E-state index in [9.17, 15) is 4.39 Å². The van der Waals surface area contributed by atoms with Gasteiger partial charge in [-0.2, -0.15) is 8.96 Å². The predicted molar refractivity (Wildman–Crippen MR) is 101 cm³/mol. The number of fused-ring (bicyclic) bond motifs is 1. The van der Waals surface area contributed by atoms with Crippen LogP contribution in [-0.4, -0.2) is 0 Å². The van der Waals surface area contributed by atoms with Crippen molar-refractivity contribution in [2.24, 2.45) is 7.05 Å². The van der Waals surface area contributed by atoms with Crippen molar-refractivity contribution in [3.05, 3.63) is 90.4 Å². The number of benzene rings is 3. The Labute approximate surface area is 147 Å². The zero-order chi connectivity index (χ0) is 17.4. The van der Waals surface area contributed by atoms with Gasteiger partial charge in [-0.05, 0) is 47.0 Å². The minimum absolute atomic E-state index is 0.206. The van der Waals surface area contributed by atoms with E-state index in [0.717, 1.165) is 27.6 Å². The first-order chi connectivity index (χ1) is 12.1. The van der Waals surface area contributed by atoms with Crippen LogP contribution in [0.3, 0.4) is 0 Å². The molecule has 0 N–H and O–H groups in total. The summed E-state index contributed by atoms with van der Waals surface area (Å²) in [4.78, 5) is 0. The van der Waals surface area contributed by atoms with Crippen LogP contribution in [0.4, 0.5) is 4.39 Å². The highest BCUT2D eigenvalue weighted by Gasteiger charge is 2.20. The molecule has 4 rings (SSSR count). The van der Waals surface area contributed by atoms with Crippen LogP contribution in [-0.2, 0) is 7.05 Å². The Balaban J connectivity index is 1.86. The molecule has 0 aliphatic heterocycles. The van der Waals surface area contributed by atoms with Gasteiger partial charge in [0.1, 0.15) is 7.05 Å². The van der Waals surface area contributed by atoms with Crippen LogP contribution in [0, 0.1) is 12.7 Å². The Morgan fingerprint density at radius 3 is 2.24 bits per heavy atom. The number of hydrogen-bond acceptors (Lipinski definition) is 0. The zero-order valence-corrected chi connectivity index (χ0v) is 14.3. The number of rotatable bonds is 2. The molecule has 1 nitrogen and oxygen atoms in total. The molecule has 4 aromatic rings. The van der Waals surface area contributed by atoms with Crippen molar-refractivity contribution >= 4 is 10.8 Å². The van der Waals surface area contributed by atoms with Crippen molar-refractivity contribution < 1.29 is 8.96 Å². The summed E-state index contributed by atoms with van der Waals surface area (Å²) in [6, 6.07) is 24.0. The first kappa shape index (κ1) is 15.5. The number of nitrogens with zero attached hydrogens (tertiary/aromatic N) is 1. The van der Waals surface area contributed by atoms with E-state index in [0.29, 0.717) is 5.69 Å². The Morgan fingerprint density at radius 2 is 1.48 bits per heavy atom. The van der Waals surface area contributed by atoms with E-state index in [2.05, 4.69) is 24.3 Å². The minimum atomic E-state index is -0.206. The summed E-state index contributed by atoms with van der Waals surface area (Å²) in [7, 11) is 1.90. The highest BCUT2D eigenvalue weighted by atomic mass is 19.1. The van der Waals surface area contributed by atoms with Crippen LogP contribution in [0.5, 0.6) is 0 Å². The smallest absolute Gasteiger partial charge is 0.200 e. The fourth-order valence-corrected chi connectivity index (χ4v) is 3.37. The van der Waals surface area contributed by atoms with Crippen molar-refractivity contribution in [3.63, 3.8) is 0 Å². The quantitative estimate of drug-likeness (QED) is 0.431. The number of pyridine rings is 1. The van der Waals surface area contributed by atoms with Crippen molar-refractivity contribution in [1.82, 2.24) is 0 Å². The molecule has 0 aliphatic rings. The molecule has 1 aromatic heterocycles. The van der Waals surface area contributed by atoms with Crippen LogP contribution < -0.4 is 4.57 Å². The molecule has 0 atom stereocenters. The fourth-order valence-electron chi connectivity index (χ4n) is 3.37. The molecular formula is C23H19FN+. The normalized spacial score (nSPS) is 11.0. The summed E-state index contributed by atoms with van der Waals surface area (Å²) in [6.45, 7) is 2.01. The van der Waals surface area contributed by atoms with Crippen molar-refractivity contribution in [2.45, 2.75) is 6.92 Å². The molecule has 0 bridgehead atoms. The monoisotopic (exact) mass is 328 g/mol. The fraction of sp³-hybridized carbons (Fsp3) is 0.0870. The number of hydrogen-bond donors (Lipinski definition) is 0. The van der Waals surface area contributed by atoms with Crippen LogP contribution in [0.2, 0.25) is 0 Å². The molecule has 0 aliphatic carbocycles. The molecule has 0 unspecified atom stereocenters. The molecule has 0 saturated heterocycles. The first-order valence-corrected chi connectivity index (χ1v) is 8.38. The highest BCUT2D eigenvalue weighted by Crippen LogP contribution is 2.28. The van der Waals surface area contributed by atoms with Gasteiger partial charge in [-0.1, -0.05) is 54.6 Å². The van der Waals surface area contributed by atoms with E-state index in [1.165, 1.54) is 5.39 Å². The van der Waals surface area contributed by atoms with Gasteiger partial charge >= 0.3 is 0 Å². The van der Waals surface area contributed by atoms with Crippen LogP contribution in [0.25, 0.3) is 33.2 Å². The zero-order valence-electron chi connectivity index (χ0n) is 14.3. The lowest BCUT2D eigenvalue weighted by molar-refractivity contribution is -0.661. The van der Waals surface area contributed by atoms with Crippen molar-refractivity contribution in [3.8, 4) is 22.4 Å². The van der Waals surface area contributed by atoms with Crippen molar-refractivity contribution in [2.75, 3.05) is 0 Å². The van der Waals surface area contributed by atoms with E-state index in [-0.39, 0.29) is 5.82 Å². The van der Waals surface area contributed by atoms with E-state index >= 15 is 0 Å². The molecule has 1 heterocycles.